The van der Waals surface area contributed by atoms with E-state index in [2.05, 4.69) is 0 Å². The molecule has 3 rings (SSSR count). The summed E-state index contributed by atoms with van der Waals surface area (Å²) in [7, 11) is -0.332. The van der Waals surface area contributed by atoms with E-state index in [-0.39, 0.29) is 17.9 Å². The maximum atomic E-state index is 12.9. The van der Waals surface area contributed by atoms with E-state index in [1.54, 1.807) is 30.5 Å². The maximum Gasteiger partial charge on any atom is 0.282 e. The second-order valence-corrected chi connectivity index (χ2v) is 8.23. The normalized spacial score (nSPS) is 28.5. The van der Waals surface area contributed by atoms with Crippen LogP contribution in [0.25, 0.3) is 0 Å². The number of hydrogen-bond donors (Lipinski definition) is 0. The highest BCUT2D eigenvalue weighted by atomic mass is 32.2. The van der Waals surface area contributed by atoms with Gasteiger partial charge in [0, 0.05) is 20.1 Å². The average molecular weight is 328 g/mol. The molecule has 22 heavy (non-hydrogen) atoms. The quantitative estimate of drug-likeness (QED) is 0.829. The number of hydrogen-bond acceptors (Lipinski definition) is 3. The molecule has 1 aliphatic carbocycles. The van der Waals surface area contributed by atoms with Crippen molar-refractivity contribution < 1.29 is 17.5 Å². The molecule has 2 fully saturated rings. The summed E-state index contributed by atoms with van der Waals surface area (Å²) < 4.78 is 46.6. The fourth-order valence-corrected chi connectivity index (χ4v) is 5.04. The van der Waals surface area contributed by atoms with E-state index in [1.807, 2.05) is 0 Å². The summed E-state index contributed by atoms with van der Waals surface area (Å²) in [5, 5.41) is 0. The van der Waals surface area contributed by atoms with Crippen LogP contribution in [0.2, 0.25) is 0 Å². The van der Waals surface area contributed by atoms with Crippen LogP contribution >= 0.6 is 0 Å². The van der Waals surface area contributed by atoms with Gasteiger partial charge in [-0.3, -0.25) is 0 Å². The predicted octanol–water partition coefficient (Wildman–Crippen LogP) is 1.86. The molecule has 1 aromatic rings. The summed E-state index contributed by atoms with van der Waals surface area (Å²) >= 11 is 0. The van der Waals surface area contributed by atoms with E-state index in [0.717, 1.165) is 19.3 Å². The Labute approximate surface area is 130 Å². The lowest BCUT2D eigenvalue weighted by atomic mass is 10.0. The van der Waals surface area contributed by atoms with Gasteiger partial charge < -0.3 is 4.74 Å². The minimum atomic E-state index is -3.44. The third-order valence-electron chi connectivity index (χ3n) is 4.64. The number of halogens is 1. The van der Waals surface area contributed by atoms with E-state index < -0.39 is 10.2 Å². The van der Waals surface area contributed by atoms with Crippen molar-refractivity contribution in [2.45, 2.75) is 31.3 Å². The number of benzene rings is 1. The van der Waals surface area contributed by atoms with Crippen molar-refractivity contribution in [3.63, 3.8) is 0 Å². The Morgan fingerprint density at radius 1 is 1.27 bits per heavy atom. The van der Waals surface area contributed by atoms with E-state index in [9.17, 15) is 12.8 Å². The summed E-state index contributed by atoms with van der Waals surface area (Å²) in [5.74, 6) is 0.593. The molecule has 5 nitrogen and oxygen atoms in total. The largest absolute Gasteiger partial charge is 0.492 e. The summed E-state index contributed by atoms with van der Waals surface area (Å²) in [4.78, 5) is 0. The number of ether oxygens (including phenoxy) is 1. The first kappa shape index (κ1) is 15.7. The Bertz CT molecular complexity index is 633. The molecular formula is C15H21FN2O3S. The Hall–Kier alpha value is -1.18. The molecule has 0 N–H and O–H groups in total. The van der Waals surface area contributed by atoms with Crippen LogP contribution in [0.3, 0.4) is 0 Å². The van der Waals surface area contributed by atoms with E-state index >= 15 is 0 Å². The molecule has 0 amide bonds. The lowest BCUT2D eigenvalue weighted by Gasteiger charge is -2.35. The molecule has 0 aromatic heterocycles. The van der Waals surface area contributed by atoms with Gasteiger partial charge in [0.15, 0.2) is 0 Å². The van der Waals surface area contributed by atoms with Crippen molar-refractivity contribution >= 4 is 10.2 Å². The van der Waals surface area contributed by atoms with Crippen LogP contribution in [0, 0.1) is 11.7 Å². The van der Waals surface area contributed by atoms with Crippen LogP contribution in [0.5, 0.6) is 5.75 Å². The van der Waals surface area contributed by atoms with Gasteiger partial charge >= 0.3 is 0 Å². The van der Waals surface area contributed by atoms with Crippen LogP contribution in [-0.4, -0.2) is 49.8 Å². The highest BCUT2D eigenvalue weighted by Crippen LogP contribution is 2.44. The van der Waals surface area contributed by atoms with Gasteiger partial charge in [0.25, 0.3) is 10.2 Å². The fraction of sp³-hybridized carbons (Fsp3) is 0.600. The SMILES string of the molecule is CN(C)S(=O)(=O)N1C2CCC(C2)[C@H]1COc1ccc(F)cc1. The smallest absolute Gasteiger partial charge is 0.282 e. The molecule has 0 radical (unpaired) electrons. The minimum Gasteiger partial charge on any atom is -0.492 e. The monoisotopic (exact) mass is 328 g/mol. The molecule has 2 bridgehead atoms. The Balaban J connectivity index is 1.75. The number of rotatable bonds is 5. The molecule has 7 heteroatoms. The minimum absolute atomic E-state index is 0.0826. The fourth-order valence-electron chi connectivity index (χ4n) is 3.52. The molecule has 2 aliphatic rings. The third kappa shape index (κ3) is 2.73. The Kier molecular flexibility index (Phi) is 4.13. The molecule has 1 heterocycles. The van der Waals surface area contributed by atoms with Crippen LogP contribution in [-0.2, 0) is 10.2 Å². The van der Waals surface area contributed by atoms with E-state index in [1.165, 1.54) is 16.4 Å². The summed E-state index contributed by atoms with van der Waals surface area (Å²) in [6.45, 7) is 0.305. The van der Waals surface area contributed by atoms with Gasteiger partial charge in [-0.25, -0.2) is 4.39 Å². The van der Waals surface area contributed by atoms with Crippen molar-refractivity contribution in [1.82, 2.24) is 8.61 Å². The van der Waals surface area contributed by atoms with Gasteiger partial charge in [0.1, 0.15) is 18.2 Å². The molecule has 1 saturated carbocycles. The first-order valence-corrected chi connectivity index (χ1v) is 8.88. The number of fused-ring (bicyclic) bond motifs is 2. The van der Waals surface area contributed by atoms with Crippen LogP contribution < -0.4 is 4.74 Å². The van der Waals surface area contributed by atoms with Crippen molar-refractivity contribution in [2.75, 3.05) is 20.7 Å². The van der Waals surface area contributed by atoms with Crippen LogP contribution in [0.15, 0.2) is 24.3 Å². The van der Waals surface area contributed by atoms with Crippen molar-refractivity contribution in [2.24, 2.45) is 5.92 Å². The molecule has 0 spiro atoms. The second kappa shape index (κ2) is 5.79. The van der Waals surface area contributed by atoms with Crippen LogP contribution in [0.1, 0.15) is 19.3 Å². The lowest BCUT2D eigenvalue weighted by Crippen LogP contribution is -2.51. The second-order valence-electron chi connectivity index (χ2n) is 6.18. The number of piperidine rings is 1. The van der Waals surface area contributed by atoms with Gasteiger partial charge in [-0.05, 0) is 49.4 Å². The number of nitrogens with zero attached hydrogens (tertiary/aromatic N) is 2. The first-order valence-electron chi connectivity index (χ1n) is 7.49. The highest BCUT2D eigenvalue weighted by Gasteiger charge is 2.51. The molecule has 3 atom stereocenters. The van der Waals surface area contributed by atoms with Gasteiger partial charge in [-0.2, -0.15) is 17.0 Å². The van der Waals surface area contributed by atoms with Gasteiger partial charge in [-0.15, -0.1) is 0 Å². The molecule has 1 aliphatic heterocycles. The van der Waals surface area contributed by atoms with Gasteiger partial charge in [0.2, 0.25) is 0 Å². The Morgan fingerprint density at radius 2 is 1.95 bits per heavy atom. The zero-order valence-electron chi connectivity index (χ0n) is 12.8. The average Bonchev–Trinajstić information content (AvgIpc) is 3.07. The van der Waals surface area contributed by atoms with Crippen LogP contribution in [0.4, 0.5) is 4.39 Å². The maximum absolute atomic E-state index is 12.9. The molecular weight excluding hydrogens is 307 g/mol. The van der Waals surface area contributed by atoms with Gasteiger partial charge in [0.05, 0.1) is 6.04 Å². The predicted molar refractivity (Wildman–Crippen MR) is 81.3 cm³/mol. The zero-order chi connectivity index (χ0) is 15.9. The third-order valence-corrected chi connectivity index (χ3v) is 6.66. The van der Waals surface area contributed by atoms with Crippen molar-refractivity contribution in [1.29, 1.82) is 0 Å². The highest BCUT2D eigenvalue weighted by molar-refractivity contribution is 7.86. The standard InChI is InChI=1S/C15H21FN2O3S/c1-17(2)22(19,20)18-13-6-3-11(9-13)15(18)10-21-14-7-4-12(16)5-8-14/h4-5,7-8,11,13,15H,3,6,9-10H2,1-2H3/t11?,13?,15-/m1/s1. The van der Waals surface area contributed by atoms with Crippen molar-refractivity contribution in [3.05, 3.63) is 30.1 Å². The van der Waals surface area contributed by atoms with Crippen molar-refractivity contribution in [3.8, 4) is 5.75 Å². The molecule has 1 aromatic carbocycles. The molecule has 122 valence electrons. The summed E-state index contributed by atoms with van der Waals surface area (Å²) in [5.41, 5.74) is 0. The molecule has 2 unspecified atom stereocenters. The summed E-state index contributed by atoms with van der Waals surface area (Å²) in [6.07, 6.45) is 2.87. The van der Waals surface area contributed by atoms with Gasteiger partial charge in [-0.1, -0.05) is 0 Å². The first-order chi connectivity index (χ1) is 10.4. The van der Waals surface area contributed by atoms with E-state index in [4.69, 9.17) is 4.74 Å². The molecule has 1 saturated heterocycles. The lowest BCUT2D eigenvalue weighted by molar-refractivity contribution is 0.157. The van der Waals surface area contributed by atoms with E-state index in [0.29, 0.717) is 18.3 Å². The zero-order valence-corrected chi connectivity index (χ0v) is 13.6. The Morgan fingerprint density at radius 3 is 2.59 bits per heavy atom. The summed E-state index contributed by atoms with van der Waals surface area (Å²) in [6, 6.07) is 5.74. The topological polar surface area (TPSA) is 49.9 Å².